The SMILES string of the molecule is CCOc1cccc2sc(N(CCCN3CCOCC3)C(=O)COc3ccc(OC)cc3)nc12. The summed E-state index contributed by atoms with van der Waals surface area (Å²) in [4.78, 5) is 22.2. The Morgan fingerprint density at radius 2 is 1.88 bits per heavy atom. The molecule has 1 aliphatic heterocycles. The molecule has 0 unspecified atom stereocenters. The molecule has 0 aliphatic carbocycles. The molecular weight excluding hydrogens is 454 g/mol. The van der Waals surface area contributed by atoms with Gasteiger partial charge in [-0.3, -0.25) is 14.6 Å². The summed E-state index contributed by atoms with van der Waals surface area (Å²) in [6.07, 6.45) is 0.836. The van der Waals surface area contributed by atoms with Crippen LogP contribution >= 0.6 is 11.3 Å². The number of carbonyl (C=O) groups excluding carboxylic acids is 1. The summed E-state index contributed by atoms with van der Waals surface area (Å²) in [7, 11) is 1.61. The number of morpholine rings is 1. The molecule has 2 heterocycles. The van der Waals surface area contributed by atoms with Gasteiger partial charge in [0.1, 0.15) is 22.8 Å². The van der Waals surface area contributed by atoms with Crippen molar-refractivity contribution in [3.8, 4) is 17.2 Å². The van der Waals surface area contributed by atoms with Gasteiger partial charge in [0.2, 0.25) is 0 Å². The van der Waals surface area contributed by atoms with Crippen molar-refractivity contribution in [3.05, 3.63) is 42.5 Å². The van der Waals surface area contributed by atoms with Gasteiger partial charge in [0.05, 0.1) is 31.6 Å². The third-order valence-corrected chi connectivity index (χ3v) is 6.63. The first-order valence-corrected chi connectivity index (χ1v) is 12.4. The van der Waals surface area contributed by atoms with Crippen LogP contribution in [0.2, 0.25) is 0 Å². The molecule has 2 aromatic carbocycles. The molecule has 8 nitrogen and oxygen atoms in total. The van der Waals surface area contributed by atoms with E-state index in [1.807, 2.05) is 37.3 Å². The van der Waals surface area contributed by atoms with E-state index < -0.39 is 0 Å². The average molecular weight is 486 g/mol. The Kier molecular flexibility index (Phi) is 8.56. The normalized spacial score (nSPS) is 14.2. The molecule has 0 spiro atoms. The number of methoxy groups -OCH3 is 1. The van der Waals surface area contributed by atoms with Crippen molar-refractivity contribution in [1.29, 1.82) is 0 Å². The van der Waals surface area contributed by atoms with Crippen LogP contribution < -0.4 is 19.1 Å². The lowest BCUT2D eigenvalue weighted by Gasteiger charge is -2.27. The number of hydrogen-bond donors (Lipinski definition) is 0. The molecular formula is C25H31N3O5S. The highest BCUT2D eigenvalue weighted by molar-refractivity contribution is 7.22. The zero-order valence-electron chi connectivity index (χ0n) is 19.7. The van der Waals surface area contributed by atoms with Crippen LogP contribution in [0.5, 0.6) is 17.2 Å². The number of rotatable bonds is 11. The van der Waals surface area contributed by atoms with E-state index in [1.165, 1.54) is 11.3 Å². The Morgan fingerprint density at radius 1 is 1.12 bits per heavy atom. The van der Waals surface area contributed by atoms with Gasteiger partial charge in [-0.1, -0.05) is 17.4 Å². The number of amides is 1. The van der Waals surface area contributed by atoms with Crippen molar-refractivity contribution in [1.82, 2.24) is 9.88 Å². The lowest BCUT2D eigenvalue weighted by molar-refractivity contribution is -0.120. The molecule has 1 aliphatic rings. The second kappa shape index (κ2) is 12.0. The third kappa shape index (κ3) is 6.16. The van der Waals surface area contributed by atoms with E-state index in [0.717, 1.165) is 61.0 Å². The monoisotopic (exact) mass is 485 g/mol. The van der Waals surface area contributed by atoms with Gasteiger partial charge in [0, 0.05) is 26.2 Å². The van der Waals surface area contributed by atoms with E-state index >= 15 is 0 Å². The number of nitrogens with zero attached hydrogens (tertiary/aromatic N) is 3. The molecule has 4 rings (SSSR count). The van der Waals surface area contributed by atoms with E-state index in [1.54, 1.807) is 24.1 Å². The number of ether oxygens (including phenoxy) is 4. The smallest absolute Gasteiger partial charge is 0.266 e. The fourth-order valence-electron chi connectivity index (χ4n) is 3.80. The predicted octanol–water partition coefficient (Wildman–Crippen LogP) is 3.84. The zero-order chi connectivity index (χ0) is 23.8. The Balaban J connectivity index is 1.48. The van der Waals surface area contributed by atoms with Gasteiger partial charge in [-0.05, 0) is 49.7 Å². The number of para-hydroxylation sites is 1. The van der Waals surface area contributed by atoms with Crippen molar-refractivity contribution in [3.63, 3.8) is 0 Å². The second-order valence-corrected chi connectivity index (χ2v) is 8.86. The van der Waals surface area contributed by atoms with Crippen molar-refractivity contribution in [2.24, 2.45) is 0 Å². The lowest BCUT2D eigenvalue weighted by atomic mass is 10.3. The molecule has 0 atom stereocenters. The van der Waals surface area contributed by atoms with Crippen molar-refractivity contribution in [2.45, 2.75) is 13.3 Å². The van der Waals surface area contributed by atoms with E-state index in [2.05, 4.69) is 4.90 Å². The average Bonchev–Trinajstić information content (AvgIpc) is 3.31. The zero-order valence-corrected chi connectivity index (χ0v) is 20.5. The standard InChI is InChI=1S/C25H31N3O5S/c1-3-32-21-6-4-7-22-24(21)26-25(34-22)28(13-5-12-27-14-16-31-17-15-27)23(29)18-33-20-10-8-19(30-2)9-11-20/h4,6-11H,3,5,12-18H2,1-2H3. The van der Waals surface area contributed by atoms with Gasteiger partial charge in [0.15, 0.2) is 11.7 Å². The minimum atomic E-state index is -0.130. The summed E-state index contributed by atoms with van der Waals surface area (Å²) in [6, 6.07) is 13.1. The topological polar surface area (TPSA) is 73.4 Å². The summed E-state index contributed by atoms with van der Waals surface area (Å²) >= 11 is 1.49. The highest BCUT2D eigenvalue weighted by Gasteiger charge is 2.22. The Bertz CT molecular complexity index is 1070. The number of benzene rings is 2. The molecule has 0 bridgehead atoms. The van der Waals surface area contributed by atoms with E-state index in [0.29, 0.717) is 24.0 Å². The van der Waals surface area contributed by atoms with Crippen LogP contribution in [-0.4, -0.2) is 75.5 Å². The fourth-order valence-corrected chi connectivity index (χ4v) is 4.82. The van der Waals surface area contributed by atoms with Crippen molar-refractivity contribution < 1.29 is 23.7 Å². The number of carbonyl (C=O) groups is 1. The van der Waals surface area contributed by atoms with Gasteiger partial charge < -0.3 is 18.9 Å². The molecule has 0 saturated carbocycles. The van der Waals surface area contributed by atoms with Gasteiger partial charge in [-0.25, -0.2) is 4.98 Å². The van der Waals surface area contributed by atoms with E-state index in [-0.39, 0.29) is 12.5 Å². The van der Waals surface area contributed by atoms with Gasteiger partial charge in [0.25, 0.3) is 5.91 Å². The molecule has 9 heteroatoms. The highest BCUT2D eigenvalue weighted by Crippen LogP contribution is 2.34. The third-order valence-electron chi connectivity index (χ3n) is 5.58. The molecule has 1 aromatic heterocycles. The minimum absolute atomic E-state index is 0.0713. The van der Waals surface area contributed by atoms with Crippen molar-refractivity contribution in [2.75, 3.05) is 64.6 Å². The molecule has 1 saturated heterocycles. The molecule has 3 aromatic rings. The predicted molar refractivity (Wildman–Crippen MR) is 134 cm³/mol. The number of fused-ring (bicyclic) bond motifs is 1. The molecule has 1 fully saturated rings. The summed E-state index contributed by atoms with van der Waals surface area (Å²) in [6.45, 7) is 7.27. The van der Waals surface area contributed by atoms with Crippen LogP contribution in [0.4, 0.5) is 5.13 Å². The minimum Gasteiger partial charge on any atom is -0.497 e. The Hall–Kier alpha value is -2.88. The summed E-state index contributed by atoms with van der Waals surface area (Å²) in [5, 5.41) is 0.660. The Labute approximate surface area is 204 Å². The second-order valence-electron chi connectivity index (χ2n) is 7.85. The molecule has 182 valence electrons. The molecule has 34 heavy (non-hydrogen) atoms. The largest absolute Gasteiger partial charge is 0.497 e. The molecule has 0 N–H and O–H groups in total. The molecule has 1 amide bonds. The maximum absolute atomic E-state index is 13.3. The maximum atomic E-state index is 13.3. The van der Waals surface area contributed by atoms with Crippen molar-refractivity contribution >= 4 is 32.6 Å². The van der Waals surface area contributed by atoms with Crippen LogP contribution in [0, 0.1) is 0 Å². The first-order chi connectivity index (χ1) is 16.7. The lowest BCUT2D eigenvalue weighted by Crippen LogP contribution is -2.40. The van der Waals surface area contributed by atoms with Crippen LogP contribution in [0.1, 0.15) is 13.3 Å². The Morgan fingerprint density at radius 3 is 2.62 bits per heavy atom. The summed E-state index contributed by atoms with van der Waals surface area (Å²) < 4.78 is 23.1. The number of thiazole rings is 1. The van der Waals surface area contributed by atoms with Gasteiger partial charge in [-0.2, -0.15) is 0 Å². The quantitative estimate of drug-likeness (QED) is 0.409. The van der Waals surface area contributed by atoms with E-state index in [4.69, 9.17) is 23.9 Å². The van der Waals surface area contributed by atoms with Crippen LogP contribution in [0.25, 0.3) is 10.2 Å². The van der Waals surface area contributed by atoms with Gasteiger partial charge >= 0.3 is 0 Å². The number of anilines is 1. The summed E-state index contributed by atoms with van der Waals surface area (Å²) in [5.74, 6) is 1.96. The van der Waals surface area contributed by atoms with Crippen LogP contribution in [0.15, 0.2) is 42.5 Å². The van der Waals surface area contributed by atoms with Crippen LogP contribution in [0.3, 0.4) is 0 Å². The molecule has 0 radical (unpaired) electrons. The summed E-state index contributed by atoms with van der Waals surface area (Å²) in [5.41, 5.74) is 0.784. The number of aromatic nitrogens is 1. The number of hydrogen-bond acceptors (Lipinski definition) is 8. The fraction of sp³-hybridized carbons (Fsp3) is 0.440. The maximum Gasteiger partial charge on any atom is 0.266 e. The van der Waals surface area contributed by atoms with Crippen LogP contribution in [-0.2, 0) is 9.53 Å². The van der Waals surface area contributed by atoms with Gasteiger partial charge in [-0.15, -0.1) is 0 Å². The highest BCUT2D eigenvalue weighted by atomic mass is 32.1. The van der Waals surface area contributed by atoms with E-state index in [9.17, 15) is 4.79 Å². The first-order valence-electron chi connectivity index (χ1n) is 11.6. The first kappa shape index (κ1) is 24.3.